The van der Waals surface area contributed by atoms with E-state index in [4.69, 9.17) is 26.8 Å². The molecular weight excluding hydrogens is 352 g/mol. The van der Waals surface area contributed by atoms with Gasteiger partial charge in [-0.15, -0.1) is 0 Å². The predicted molar refractivity (Wildman–Crippen MR) is 97.3 cm³/mol. The van der Waals surface area contributed by atoms with E-state index in [0.717, 1.165) is 22.3 Å². The SMILES string of the molecule is NC1=N[C@@]2(CO1)c1cc(-c3cccnc3)ccc1Oc1cnc(Cl)cc12. The van der Waals surface area contributed by atoms with Crippen LogP contribution in [0.4, 0.5) is 0 Å². The third-order valence-electron chi connectivity index (χ3n) is 4.65. The quantitative estimate of drug-likeness (QED) is 0.668. The van der Waals surface area contributed by atoms with E-state index in [0.29, 0.717) is 16.7 Å². The molecule has 3 aromatic rings. The summed E-state index contributed by atoms with van der Waals surface area (Å²) in [6, 6.07) is 11.7. The summed E-state index contributed by atoms with van der Waals surface area (Å²) >= 11 is 6.13. The fourth-order valence-corrected chi connectivity index (χ4v) is 3.61. The number of hydrogen-bond acceptors (Lipinski definition) is 6. The van der Waals surface area contributed by atoms with Crippen molar-refractivity contribution in [2.24, 2.45) is 10.7 Å². The van der Waals surface area contributed by atoms with Gasteiger partial charge in [-0.05, 0) is 29.8 Å². The predicted octanol–water partition coefficient (Wildman–Crippen LogP) is 3.49. The van der Waals surface area contributed by atoms with Crippen molar-refractivity contribution in [3.63, 3.8) is 0 Å². The van der Waals surface area contributed by atoms with E-state index in [9.17, 15) is 0 Å². The number of hydrogen-bond donors (Lipinski definition) is 1. The first-order chi connectivity index (χ1) is 12.7. The van der Waals surface area contributed by atoms with E-state index in [1.165, 1.54) is 0 Å². The van der Waals surface area contributed by atoms with Crippen molar-refractivity contribution in [1.29, 1.82) is 0 Å². The normalized spacial score (nSPS) is 20.0. The zero-order chi connectivity index (χ0) is 17.7. The molecule has 4 heterocycles. The Morgan fingerprint density at radius 3 is 2.69 bits per heavy atom. The first kappa shape index (κ1) is 15.2. The number of nitrogens with two attached hydrogens (primary N) is 1. The van der Waals surface area contributed by atoms with Crippen molar-refractivity contribution >= 4 is 17.6 Å². The molecule has 1 spiro atoms. The van der Waals surface area contributed by atoms with Crippen LogP contribution in [-0.4, -0.2) is 22.6 Å². The summed E-state index contributed by atoms with van der Waals surface area (Å²) < 4.78 is 11.6. The number of aliphatic imine (C=N–C) groups is 1. The molecular formula is C19H13ClN4O2. The number of pyridine rings is 2. The Hall–Kier alpha value is -3.12. The minimum Gasteiger partial charge on any atom is -0.462 e. The molecule has 0 amide bonds. The van der Waals surface area contributed by atoms with E-state index in [1.807, 2.05) is 36.5 Å². The maximum atomic E-state index is 6.13. The fraction of sp³-hybridized carbons (Fsp3) is 0.105. The van der Waals surface area contributed by atoms with Crippen LogP contribution in [0.2, 0.25) is 5.15 Å². The Morgan fingerprint density at radius 1 is 1.04 bits per heavy atom. The second-order valence-electron chi connectivity index (χ2n) is 6.16. The standard InChI is InChI=1S/C19H13ClN4O2/c20-17-7-14-16(9-23-17)26-15-4-3-11(12-2-1-5-22-8-12)6-13(15)19(14)10-25-18(21)24-19/h1-9H,10H2,(H2,21,24)/t19-/m0/s1. The Labute approximate surface area is 154 Å². The molecule has 2 aromatic heterocycles. The lowest BCUT2D eigenvalue weighted by atomic mass is 9.81. The first-order valence-electron chi connectivity index (χ1n) is 8.03. The lowest BCUT2D eigenvalue weighted by Gasteiger charge is -2.33. The Bertz CT molecular complexity index is 1050. The van der Waals surface area contributed by atoms with Crippen LogP contribution in [0, 0.1) is 0 Å². The maximum Gasteiger partial charge on any atom is 0.283 e. The highest BCUT2D eigenvalue weighted by Crippen LogP contribution is 2.51. The van der Waals surface area contributed by atoms with Crippen molar-refractivity contribution in [2.75, 3.05) is 6.61 Å². The summed E-state index contributed by atoms with van der Waals surface area (Å²) in [5.74, 6) is 1.29. The second kappa shape index (κ2) is 5.44. The van der Waals surface area contributed by atoms with Crippen LogP contribution >= 0.6 is 11.6 Å². The third-order valence-corrected chi connectivity index (χ3v) is 4.86. The van der Waals surface area contributed by atoms with Gasteiger partial charge in [0.2, 0.25) is 0 Å². The maximum absolute atomic E-state index is 6.13. The summed E-state index contributed by atoms with van der Waals surface area (Å²) in [4.78, 5) is 12.9. The van der Waals surface area contributed by atoms with Crippen LogP contribution in [-0.2, 0) is 10.3 Å². The van der Waals surface area contributed by atoms with Gasteiger partial charge in [-0.25, -0.2) is 9.98 Å². The summed E-state index contributed by atoms with van der Waals surface area (Å²) in [6.45, 7) is 0.277. The highest BCUT2D eigenvalue weighted by molar-refractivity contribution is 6.29. The largest absolute Gasteiger partial charge is 0.462 e. The van der Waals surface area contributed by atoms with Gasteiger partial charge in [0.05, 0.1) is 6.20 Å². The Morgan fingerprint density at radius 2 is 1.92 bits per heavy atom. The van der Waals surface area contributed by atoms with Crippen LogP contribution in [0.1, 0.15) is 11.1 Å². The number of amidine groups is 1. The second-order valence-corrected chi connectivity index (χ2v) is 6.54. The number of ether oxygens (including phenoxy) is 2. The van der Waals surface area contributed by atoms with Gasteiger partial charge in [0.1, 0.15) is 17.5 Å². The summed E-state index contributed by atoms with van der Waals surface area (Å²) in [7, 11) is 0. The van der Waals surface area contributed by atoms with Gasteiger partial charge in [0.25, 0.3) is 6.02 Å². The van der Waals surface area contributed by atoms with Gasteiger partial charge in [0, 0.05) is 29.1 Å². The van der Waals surface area contributed by atoms with Gasteiger partial charge >= 0.3 is 0 Å². The monoisotopic (exact) mass is 364 g/mol. The fourth-order valence-electron chi connectivity index (χ4n) is 3.45. The van der Waals surface area contributed by atoms with Crippen LogP contribution < -0.4 is 10.5 Å². The van der Waals surface area contributed by atoms with Crippen molar-refractivity contribution in [3.05, 3.63) is 71.3 Å². The minimum atomic E-state index is -0.808. The summed E-state index contributed by atoms with van der Waals surface area (Å²) in [5.41, 5.74) is 8.72. The minimum absolute atomic E-state index is 0.142. The molecule has 0 saturated heterocycles. The molecule has 1 atom stereocenters. The zero-order valence-corrected chi connectivity index (χ0v) is 14.3. The molecule has 0 unspecified atom stereocenters. The van der Waals surface area contributed by atoms with Gasteiger partial charge in [-0.2, -0.15) is 0 Å². The molecule has 1 aromatic carbocycles. The number of halogens is 1. The van der Waals surface area contributed by atoms with Crippen LogP contribution in [0.25, 0.3) is 11.1 Å². The number of rotatable bonds is 1. The summed E-state index contributed by atoms with van der Waals surface area (Å²) in [6.07, 6.45) is 5.16. The summed E-state index contributed by atoms with van der Waals surface area (Å²) in [5, 5.41) is 0.360. The van der Waals surface area contributed by atoms with Crippen molar-refractivity contribution in [2.45, 2.75) is 5.54 Å². The molecule has 0 aliphatic carbocycles. The number of aromatic nitrogens is 2. The zero-order valence-electron chi connectivity index (χ0n) is 13.5. The van der Waals surface area contributed by atoms with E-state index < -0.39 is 5.54 Å². The number of nitrogens with zero attached hydrogens (tertiary/aromatic N) is 3. The van der Waals surface area contributed by atoms with Gasteiger partial charge < -0.3 is 15.2 Å². The number of fused-ring (bicyclic) bond motifs is 4. The average molecular weight is 365 g/mol. The van der Waals surface area contributed by atoms with Crippen molar-refractivity contribution in [1.82, 2.24) is 9.97 Å². The van der Waals surface area contributed by atoms with Crippen LogP contribution in [0.15, 0.2) is 60.0 Å². The molecule has 7 heteroatoms. The van der Waals surface area contributed by atoms with E-state index >= 15 is 0 Å². The van der Waals surface area contributed by atoms with Gasteiger partial charge in [0.15, 0.2) is 11.3 Å². The molecule has 2 N–H and O–H groups in total. The molecule has 0 radical (unpaired) electrons. The first-order valence-corrected chi connectivity index (χ1v) is 8.40. The lowest BCUT2D eigenvalue weighted by Crippen LogP contribution is -2.31. The lowest BCUT2D eigenvalue weighted by molar-refractivity contribution is 0.264. The highest BCUT2D eigenvalue weighted by atomic mass is 35.5. The highest BCUT2D eigenvalue weighted by Gasteiger charge is 2.47. The molecule has 0 fully saturated rings. The average Bonchev–Trinajstić information content (AvgIpc) is 3.06. The molecule has 5 rings (SSSR count). The van der Waals surface area contributed by atoms with E-state index in [2.05, 4.69) is 15.0 Å². The third kappa shape index (κ3) is 2.16. The Balaban J connectivity index is 1.76. The smallest absolute Gasteiger partial charge is 0.283 e. The molecule has 128 valence electrons. The van der Waals surface area contributed by atoms with Crippen LogP contribution in [0.5, 0.6) is 11.5 Å². The van der Waals surface area contributed by atoms with Gasteiger partial charge in [-0.3, -0.25) is 4.98 Å². The molecule has 2 aliphatic rings. The molecule has 26 heavy (non-hydrogen) atoms. The Kier molecular flexibility index (Phi) is 3.17. The van der Waals surface area contributed by atoms with E-state index in [-0.39, 0.29) is 12.6 Å². The molecule has 0 saturated carbocycles. The topological polar surface area (TPSA) is 82.6 Å². The molecule has 0 bridgehead atoms. The van der Waals surface area contributed by atoms with Crippen LogP contribution in [0.3, 0.4) is 0 Å². The number of benzene rings is 1. The molecule has 6 nitrogen and oxygen atoms in total. The van der Waals surface area contributed by atoms with E-state index in [1.54, 1.807) is 18.5 Å². The molecule has 2 aliphatic heterocycles. The van der Waals surface area contributed by atoms with Gasteiger partial charge in [-0.1, -0.05) is 23.7 Å². The van der Waals surface area contributed by atoms with Crippen molar-refractivity contribution < 1.29 is 9.47 Å². The van der Waals surface area contributed by atoms with Crippen molar-refractivity contribution in [3.8, 4) is 22.6 Å².